The van der Waals surface area contributed by atoms with Crippen molar-refractivity contribution in [1.29, 1.82) is 0 Å². The van der Waals surface area contributed by atoms with Crippen molar-refractivity contribution >= 4 is 21.8 Å². The summed E-state index contributed by atoms with van der Waals surface area (Å²) in [5.41, 5.74) is 1.68. The van der Waals surface area contributed by atoms with Gasteiger partial charge in [0.25, 0.3) is 10.1 Å². The van der Waals surface area contributed by atoms with E-state index in [1.165, 1.54) is 36.3 Å². The quantitative estimate of drug-likeness (QED) is 0.748. The maximum absolute atomic E-state index is 11.7. The summed E-state index contributed by atoms with van der Waals surface area (Å²) in [6.07, 6.45) is 7.33. The molecule has 0 unspecified atom stereocenters. The van der Waals surface area contributed by atoms with Crippen molar-refractivity contribution in [3.63, 3.8) is 0 Å². The molecule has 3 N–H and O–H groups in total. The van der Waals surface area contributed by atoms with Crippen LogP contribution in [0.2, 0.25) is 0 Å². The summed E-state index contributed by atoms with van der Waals surface area (Å²) in [5, 5.41) is 5.26. The Morgan fingerprint density at radius 2 is 1.71 bits per heavy atom. The number of allylic oxidation sites excluding steroid dienone is 1. The monoisotopic (exact) mass is 310 g/mol. The average molecular weight is 310 g/mol. The molecule has 0 aliphatic heterocycles. The van der Waals surface area contributed by atoms with Crippen LogP contribution in [-0.4, -0.2) is 19.0 Å². The van der Waals surface area contributed by atoms with Gasteiger partial charge < -0.3 is 10.6 Å². The minimum absolute atomic E-state index is 0.210. The second-order valence-corrected chi connectivity index (χ2v) is 6.38. The van der Waals surface area contributed by atoms with Crippen molar-refractivity contribution in [3.8, 4) is 0 Å². The maximum Gasteiger partial charge on any atom is 0.323 e. The molecule has 1 aliphatic carbocycles. The Bertz CT molecular complexity index is 627. The van der Waals surface area contributed by atoms with Gasteiger partial charge in [0, 0.05) is 11.9 Å². The van der Waals surface area contributed by atoms with Crippen molar-refractivity contribution in [2.24, 2.45) is 0 Å². The standard InChI is InChI=1S/C14H18N2O4S/c17-14(15-10-11-4-2-1-3-5-11)16-12-6-8-13(9-7-12)21(18,19)20/h6-10H,1-5H2,(H2,15,16,17)(H,18,19,20). The summed E-state index contributed by atoms with van der Waals surface area (Å²) in [5.74, 6) is 0. The third-order valence-corrected chi connectivity index (χ3v) is 4.18. The minimum atomic E-state index is -4.21. The smallest absolute Gasteiger partial charge is 0.314 e. The Kier molecular flexibility index (Phi) is 4.98. The molecular weight excluding hydrogens is 292 g/mol. The molecular formula is C14H18N2O4S. The van der Waals surface area contributed by atoms with E-state index in [1.807, 2.05) is 0 Å². The first-order valence-electron chi connectivity index (χ1n) is 6.78. The molecule has 114 valence electrons. The number of anilines is 1. The van der Waals surface area contributed by atoms with E-state index in [9.17, 15) is 13.2 Å². The van der Waals surface area contributed by atoms with Gasteiger partial charge in [-0.25, -0.2) is 4.79 Å². The van der Waals surface area contributed by atoms with Crippen LogP contribution in [0.5, 0.6) is 0 Å². The Morgan fingerprint density at radius 1 is 1.10 bits per heavy atom. The molecule has 6 nitrogen and oxygen atoms in total. The summed E-state index contributed by atoms with van der Waals surface area (Å²) in [6.45, 7) is 0. The van der Waals surface area contributed by atoms with Crippen LogP contribution in [0.4, 0.5) is 10.5 Å². The Morgan fingerprint density at radius 3 is 2.29 bits per heavy atom. The number of hydrogen-bond donors (Lipinski definition) is 3. The maximum atomic E-state index is 11.7. The van der Waals surface area contributed by atoms with Gasteiger partial charge >= 0.3 is 6.03 Å². The van der Waals surface area contributed by atoms with Crippen LogP contribution in [0, 0.1) is 0 Å². The largest absolute Gasteiger partial charge is 0.323 e. The summed E-state index contributed by atoms with van der Waals surface area (Å²) in [7, 11) is -4.21. The fraction of sp³-hybridized carbons (Fsp3) is 0.357. The van der Waals surface area contributed by atoms with Gasteiger partial charge in [0.15, 0.2) is 0 Å². The van der Waals surface area contributed by atoms with Crippen molar-refractivity contribution < 1.29 is 17.8 Å². The zero-order valence-corrected chi connectivity index (χ0v) is 12.3. The highest BCUT2D eigenvalue weighted by molar-refractivity contribution is 7.85. The van der Waals surface area contributed by atoms with E-state index in [-0.39, 0.29) is 10.9 Å². The van der Waals surface area contributed by atoms with Crippen molar-refractivity contribution in [1.82, 2.24) is 5.32 Å². The Hall–Kier alpha value is -1.86. The molecule has 0 bridgehead atoms. The summed E-state index contributed by atoms with van der Waals surface area (Å²) in [6, 6.07) is 4.90. The number of nitrogens with one attached hydrogen (secondary N) is 2. The van der Waals surface area contributed by atoms with Gasteiger partial charge in [-0.15, -0.1) is 0 Å². The first-order chi connectivity index (χ1) is 9.95. The molecule has 1 fully saturated rings. The minimum Gasteiger partial charge on any atom is -0.314 e. The first-order valence-corrected chi connectivity index (χ1v) is 8.22. The number of hydrogen-bond acceptors (Lipinski definition) is 3. The molecule has 0 aromatic heterocycles. The highest BCUT2D eigenvalue weighted by Gasteiger charge is 2.09. The predicted octanol–water partition coefficient (Wildman–Crippen LogP) is 2.90. The molecule has 0 saturated heterocycles. The van der Waals surface area contributed by atoms with Gasteiger partial charge in [0.1, 0.15) is 0 Å². The van der Waals surface area contributed by atoms with Crippen LogP contribution >= 0.6 is 0 Å². The van der Waals surface area contributed by atoms with Crippen LogP contribution in [0.1, 0.15) is 32.1 Å². The molecule has 1 aromatic carbocycles. The van der Waals surface area contributed by atoms with Crippen molar-refractivity contribution in [2.75, 3.05) is 5.32 Å². The van der Waals surface area contributed by atoms with Gasteiger partial charge in [-0.1, -0.05) is 12.0 Å². The molecule has 0 heterocycles. The number of carbonyl (C=O) groups excluding carboxylic acids is 1. The van der Waals surface area contributed by atoms with E-state index in [4.69, 9.17) is 4.55 Å². The lowest BCUT2D eigenvalue weighted by Gasteiger charge is -2.13. The zero-order valence-electron chi connectivity index (χ0n) is 11.5. The van der Waals surface area contributed by atoms with E-state index in [1.54, 1.807) is 6.20 Å². The van der Waals surface area contributed by atoms with Gasteiger partial charge in [0.05, 0.1) is 4.90 Å². The van der Waals surface area contributed by atoms with E-state index < -0.39 is 10.1 Å². The lowest BCUT2D eigenvalue weighted by molar-refractivity contribution is 0.255. The number of urea groups is 1. The van der Waals surface area contributed by atoms with Gasteiger partial charge in [-0.05, 0) is 49.9 Å². The summed E-state index contributed by atoms with van der Waals surface area (Å²) in [4.78, 5) is 11.5. The van der Waals surface area contributed by atoms with Crippen molar-refractivity contribution in [3.05, 3.63) is 36.0 Å². The highest BCUT2D eigenvalue weighted by atomic mass is 32.2. The first kappa shape index (κ1) is 15.5. The van der Waals surface area contributed by atoms with Gasteiger partial charge in [0.2, 0.25) is 0 Å². The third kappa shape index (κ3) is 4.87. The summed E-state index contributed by atoms with van der Waals surface area (Å²) < 4.78 is 30.6. The van der Waals surface area contributed by atoms with Crippen LogP contribution in [0.25, 0.3) is 0 Å². The number of benzene rings is 1. The van der Waals surface area contributed by atoms with Crippen molar-refractivity contribution in [2.45, 2.75) is 37.0 Å². The van der Waals surface area contributed by atoms with Crippen LogP contribution in [0.15, 0.2) is 40.9 Å². The molecule has 1 aliphatic rings. The Labute approximate surface area is 124 Å². The zero-order chi connectivity index (χ0) is 15.3. The number of amides is 2. The van der Waals surface area contributed by atoms with E-state index in [0.717, 1.165) is 25.7 Å². The molecule has 21 heavy (non-hydrogen) atoms. The van der Waals surface area contributed by atoms with E-state index in [2.05, 4.69) is 10.6 Å². The molecule has 0 radical (unpaired) electrons. The fourth-order valence-corrected chi connectivity index (χ4v) is 2.68. The SMILES string of the molecule is O=C(NC=C1CCCCC1)Nc1ccc(S(=O)(=O)O)cc1. The lowest BCUT2D eigenvalue weighted by Crippen LogP contribution is -2.24. The normalized spacial score (nSPS) is 15.4. The number of rotatable bonds is 3. The second-order valence-electron chi connectivity index (χ2n) is 4.96. The fourth-order valence-electron chi connectivity index (χ4n) is 2.20. The molecule has 1 saturated carbocycles. The average Bonchev–Trinajstić information content (AvgIpc) is 2.46. The van der Waals surface area contributed by atoms with Gasteiger partial charge in [-0.2, -0.15) is 8.42 Å². The molecule has 0 atom stereocenters. The van der Waals surface area contributed by atoms with Crippen LogP contribution in [-0.2, 0) is 10.1 Å². The summed E-state index contributed by atoms with van der Waals surface area (Å²) >= 11 is 0. The molecule has 2 rings (SSSR count). The topological polar surface area (TPSA) is 95.5 Å². The van der Waals surface area contributed by atoms with E-state index in [0.29, 0.717) is 5.69 Å². The van der Waals surface area contributed by atoms with E-state index >= 15 is 0 Å². The van der Waals surface area contributed by atoms with Crippen LogP contribution < -0.4 is 10.6 Å². The predicted molar refractivity (Wildman–Crippen MR) is 79.6 cm³/mol. The third-order valence-electron chi connectivity index (χ3n) is 3.31. The second kappa shape index (κ2) is 6.73. The van der Waals surface area contributed by atoms with Gasteiger partial charge in [-0.3, -0.25) is 4.55 Å². The molecule has 0 spiro atoms. The highest BCUT2D eigenvalue weighted by Crippen LogP contribution is 2.21. The van der Waals surface area contributed by atoms with Crippen LogP contribution in [0.3, 0.4) is 0 Å². The Balaban J connectivity index is 1.90. The lowest BCUT2D eigenvalue weighted by atomic mass is 9.96. The molecule has 7 heteroatoms. The molecule has 2 amide bonds. The molecule has 1 aromatic rings. The number of carbonyl (C=O) groups is 1.